The Morgan fingerprint density at radius 1 is 0.909 bits per heavy atom. The molecule has 0 aliphatic carbocycles. The first-order chi connectivity index (χ1) is 9.58. The van der Waals surface area contributed by atoms with Gasteiger partial charge in [0.2, 0.25) is 0 Å². The molecule has 0 aromatic carbocycles. The fourth-order valence-electron chi connectivity index (χ4n) is 1.37. The number of hydrogen-bond donors (Lipinski definition) is 1. The van der Waals surface area contributed by atoms with Gasteiger partial charge in [0.25, 0.3) is 0 Å². The standard InChI is InChI=1S/C8H7F9N2O2S/c9-5(10,7(13,14)15)6(11,12)8(16,17)22(20,21)19-4-2-1-3-18-4/h1-3H2,(H,18,19). The normalized spacial score (nSPS) is 18.3. The van der Waals surface area contributed by atoms with Gasteiger partial charge in [0.15, 0.2) is 0 Å². The van der Waals surface area contributed by atoms with Crippen LogP contribution in [0.4, 0.5) is 39.5 Å². The van der Waals surface area contributed by atoms with Crippen LogP contribution in [0.2, 0.25) is 0 Å². The van der Waals surface area contributed by atoms with E-state index in [-0.39, 0.29) is 19.4 Å². The van der Waals surface area contributed by atoms with Gasteiger partial charge in [0.05, 0.1) is 0 Å². The maximum atomic E-state index is 13.2. The van der Waals surface area contributed by atoms with Gasteiger partial charge in [0, 0.05) is 13.0 Å². The molecule has 0 radical (unpaired) electrons. The SMILES string of the molecule is O=S(=O)(NC1=NCCC1)C(F)(F)C(F)(F)C(F)(F)C(F)(F)F. The van der Waals surface area contributed by atoms with Crippen molar-refractivity contribution in [2.75, 3.05) is 6.54 Å². The second-order valence-corrected chi connectivity index (χ2v) is 5.92. The minimum atomic E-state index is -7.27. The Kier molecular flexibility index (Phi) is 4.42. The van der Waals surface area contributed by atoms with Crippen LogP contribution in [0.1, 0.15) is 12.8 Å². The average Bonchev–Trinajstić information content (AvgIpc) is 2.78. The lowest BCUT2D eigenvalue weighted by atomic mass is 10.1. The number of sulfonamides is 1. The molecule has 1 aliphatic rings. The topological polar surface area (TPSA) is 58.5 Å². The quantitative estimate of drug-likeness (QED) is 0.778. The minimum absolute atomic E-state index is 0.0431. The molecule has 14 heteroatoms. The van der Waals surface area contributed by atoms with E-state index in [4.69, 9.17) is 0 Å². The molecule has 0 saturated heterocycles. The fraction of sp³-hybridized carbons (Fsp3) is 0.875. The number of rotatable bonds is 4. The lowest BCUT2D eigenvalue weighted by molar-refractivity contribution is -0.382. The molecule has 0 spiro atoms. The molecule has 0 amide bonds. The second kappa shape index (κ2) is 5.16. The number of nitrogens with one attached hydrogen (secondary N) is 1. The Morgan fingerprint density at radius 2 is 1.41 bits per heavy atom. The Morgan fingerprint density at radius 3 is 1.77 bits per heavy atom. The first-order valence-electron chi connectivity index (χ1n) is 5.34. The molecule has 1 aliphatic heterocycles. The van der Waals surface area contributed by atoms with Crippen LogP contribution in [-0.4, -0.2) is 44.1 Å². The first-order valence-corrected chi connectivity index (χ1v) is 6.82. The maximum absolute atomic E-state index is 13.2. The third-order valence-electron chi connectivity index (χ3n) is 2.58. The third-order valence-corrected chi connectivity index (χ3v) is 4.02. The van der Waals surface area contributed by atoms with Crippen molar-refractivity contribution < 1.29 is 47.9 Å². The Balaban J connectivity index is 3.25. The van der Waals surface area contributed by atoms with Crippen molar-refractivity contribution in [1.82, 2.24) is 4.72 Å². The second-order valence-electron chi connectivity index (χ2n) is 4.20. The monoisotopic (exact) mass is 366 g/mol. The van der Waals surface area contributed by atoms with E-state index >= 15 is 0 Å². The smallest absolute Gasteiger partial charge is 0.272 e. The van der Waals surface area contributed by atoms with E-state index in [9.17, 15) is 47.9 Å². The zero-order valence-corrected chi connectivity index (χ0v) is 11.0. The van der Waals surface area contributed by atoms with E-state index in [0.717, 1.165) is 4.72 Å². The molecule has 0 fully saturated rings. The highest BCUT2D eigenvalue weighted by Gasteiger charge is 2.85. The highest BCUT2D eigenvalue weighted by Crippen LogP contribution is 2.54. The van der Waals surface area contributed by atoms with Gasteiger partial charge in [0.1, 0.15) is 5.84 Å². The Hall–Kier alpha value is -1.21. The van der Waals surface area contributed by atoms with Gasteiger partial charge in [-0.25, -0.2) is 0 Å². The highest BCUT2D eigenvalue weighted by molar-refractivity contribution is 7.91. The molecule has 1 heterocycles. The summed E-state index contributed by atoms with van der Waals surface area (Å²) in [6, 6.07) is 0. The van der Waals surface area contributed by atoms with Crippen molar-refractivity contribution in [3.05, 3.63) is 0 Å². The third kappa shape index (κ3) is 2.72. The molecule has 1 rings (SSSR count). The van der Waals surface area contributed by atoms with E-state index < -0.39 is 39.1 Å². The van der Waals surface area contributed by atoms with Crippen LogP contribution in [0.5, 0.6) is 0 Å². The van der Waals surface area contributed by atoms with Gasteiger partial charge in [-0.15, -0.1) is 0 Å². The molecular formula is C8H7F9N2O2S. The van der Waals surface area contributed by atoms with Crippen molar-refractivity contribution in [2.24, 2.45) is 4.99 Å². The predicted octanol–water partition coefficient (Wildman–Crippen LogP) is 2.52. The van der Waals surface area contributed by atoms with Crippen LogP contribution in [-0.2, 0) is 10.0 Å². The summed E-state index contributed by atoms with van der Waals surface area (Å²) in [7, 11) is -6.59. The van der Waals surface area contributed by atoms with Crippen molar-refractivity contribution in [3.8, 4) is 0 Å². The molecule has 0 aromatic heterocycles. The van der Waals surface area contributed by atoms with Crippen LogP contribution in [0.15, 0.2) is 4.99 Å². The Bertz CT molecular complexity index is 567. The van der Waals surface area contributed by atoms with Crippen molar-refractivity contribution in [2.45, 2.75) is 36.1 Å². The zero-order valence-electron chi connectivity index (χ0n) is 10.2. The first kappa shape index (κ1) is 18.8. The molecule has 0 saturated carbocycles. The Labute approximate surface area is 117 Å². The van der Waals surface area contributed by atoms with E-state index in [1.807, 2.05) is 0 Å². The van der Waals surface area contributed by atoms with Gasteiger partial charge >= 0.3 is 33.3 Å². The van der Waals surface area contributed by atoms with Gasteiger partial charge in [-0.2, -0.15) is 47.9 Å². The molecule has 130 valence electrons. The van der Waals surface area contributed by atoms with Crippen molar-refractivity contribution in [1.29, 1.82) is 0 Å². The number of amidine groups is 1. The summed E-state index contributed by atoms with van der Waals surface area (Å²) >= 11 is 0. The highest BCUT2D eigenvalue weighted by atomic mass is 32.2. The summed E-state index contributed by atoms with van der Waals surface area (Å²) in [6.45, 7) is -0.0431. The average molecular weight is 366 g/mol. The maximum Gasteiger partial charge on any atom is 0.460 e. The summed E-state index contributed by atoms with van der Waals surface area (Å²) in [6.07, 6.45) is -7.19. The van der Waals surface area contributed by atoms with Crippen LogP contribution in [0, 0.1) is 0 Å². The van der Waals surface area contributed by atoms with Crippen LogP contribution in [0.25, 0.3) is 0 Å². The van der Waals surface area contributed by atoms with Crippen LogP contribution in [0.3, 0.4) is 0 Å². The van der Waals surface area contributed by atoms with E-state index in [1.165, 1.54) is 0 Å². The fourth-order valence-corrected chi connectivity index (χ4v) is 2.44. The molecule has 0 bridgehead atoms. The van der Waals surface area contributed by atoms with E-state index in [0.29, 0.717) is 0 Å². The molecule has 0 atom stereocenters. The summed E-state index contributed by atoms with van der Waals surface area (Å²) in [5.41, 5.74) is 0. The van der Waals surface area contributed by atoms with Crippen molar-refractivity contribution in [3.63, 3.8) is 0 Å². The number of halogens is 9. The molecule has 0 unspecified atom stereocenters. The van der Waals surface area contributed by atoms with Gasteiger partial charge in [-0.3, -0.25) is 9.71 Å². The lowest BCUT2D eigenvalue weighted by Gasteiger charge is -2.33. The molecular weight excluding hydrogens is 359 g/mol. The minimum Gasteiger partial charge on any atom is -0.272 e. The van der Waals surface area contributed by atoms with Gasteiger partial charge in [-0.1, -0.05) is 0 Å². The van der Waals surface area contributed by atoms with Gasteiger partial charge in [-0.05, 0) is 6.42 Å². The number of alkyl halides is 9. The van der Waals surface area contributed by atoms with E-state index in [2.05, 4.69) is 4.99 Å². The van der Waals surface area contributed by atoms with Crippen LogP contribution >= 0.6 is 0 Å². The summed E-state index contributed by atoms with van der Waals surface area (Å²) in [4.78, 5) is 3.27. The zero-order chi connectivity index (χ0) is 17.6. The molecule has 1 N–H and O–H groups in total. The summed E-state index contributed by atoms with van der Waals surface area (Å²) in [5.74, 6) is -15.2. The molecule has 0 aromatic rings. The number of aliphatic imine (C=N–C) groups is 1. The number of hydrogen-bond acceptors (Lipinski definition) is 3. The van der Waals surface area contributed by atoms with E-state index in [1.54, 1.807) is 0 Å². The largest absolute Gasteiger partial charge is 0.460 e. The van der Waals surface area contributed by atoms with Crippen molar-refractivity contribution >= 4 is 15.9 Å². The summed E-state index contributed by atoms with van der Waals surface area (Å²) < 4.78 is 136. The summed E-state index contributed by atoms with van der Waals surface area (Å²) in [5, 5.41) is -6.73. The number of nitrogens with zero attached hydrogens (tertiary/aromatic N) is 1. The predicted molar refractivity (Wildman–Crippen MR) is 54.5 cm³/mol. The molecule has 4 nitrogen and oxygen atoms in total. The van der Waals surface area contributed by atoms with Crippen LogP contribution < -0.4 is 4.72 Å². The molecule has 22 heavy (non-hydrogen) atoms. The van der Waals surface area contributed by atoms with Gasteiger partial charge < -0.3 is 0 Å². The lowest BCUT2D eigenvalue weighted by Crippen LogP contribution is -2.65.